The Labute approximate surface area is 157 Å². The number of nitrogens with zero attached hydrogens (tertiary/aromatic N) is 5. The maximum atomic E-state index is 10.9. The smallest absolute Gasteiger partial charge is 0.225 e. The Hall–Kier alpha value is -2.67. The van der Waals surface area contributed by atoms with Gasteiger partial charge in [-0.1, -0.05) is 12.1 Å². The molecule has 27 heavy (non-hydrogen) atoms. The van der Waals surface area contributed by atoms with Crippen LogP contribution in [-0.2, 0) is 0 Å². The summed E-state index contributed by atoms with van der Waals surface area (Å²) in [7, 11) is 1.62. The van der Waals surface area contributed by atoms with Gasteiger partial charge in [-0.3, -0.25) is 0 Å². The molecule has 0 radical (unpaired) electrons. The van der Waals surface area contributed by atoms with E-state index in [2.05, 4.69) is 30.5 Å². The lowest BCUT2D eigenvalue weighted by molar-refractivity contribution is 0.0375. The van der Waals surface area contributed by atoms with Crippen molar-refractivity contribution in [2.45, 2.75) is 25.0 Å². The molecule has 0 spiro atoms. The van der Waals surface area contributed by atoms with E-state index < -0.39 is 0 Å². The number of hydrogen-bond acceptors (Lipinski definition) is 6. The third-order valence-electron chi connectivity index (χ3n) is 6.08. The second-order valence-corrected chi connectivity index (χ2v) is 7.59. The maximum Gasteiger partial charge on any atom is 0.225 e. The minimum Gasteiger partial charge on any atom is -0.494 e. The molecule has 1 N–H and O–H groups in total. The average Bonchev–Trinajstić information content (AvgIpc) is 3.31. The van der Waals surface area contributed by atoms with Gasteiger partial charge < -0.3 is 19.3 Å². The van der Waals surface area contributed by atoms with E-state index in [4.69, 9.17) is 4.74 Å². The van der Waals surface area contributed by atoms with E-state index in [0.717, 1.165) is 42.9 Å². The maximum absolute atomic E-state index is 10.9. The van der Waals surface area contributed by atoms with Crippen molar-refractivity contribution in [1.82, 2.24) is 19.5 Å². The number of methoxy groups -OCH3 is 1. The van der Waals surface area contributed by atoms with Gasteiger partial charge in [-0.15, -0.1) is 0 Å². The van der Waals surface area contributed by atoms with Gasteiger partial charge in [0, 0.05) is 13.1 Å². The third-order valence-corrected chi connectivity index (χ3v) is 6.08. The minimum atomic E-state index is -0.361. The Morgan fingerprint density at radius 3 is 2.56 bits per heavy atom. The first kappa shape index (κ1) is 16.5. The number of ether oxygens (including phenoxy) is 1. The molecule has 2 aliphatic rings. The number of hydrogen-bond donors (Lipinski definition) is 1. The Balaban J connectivity index is 1.37. The highest BCUT2D eigenvalue weighted by molar-refractivity contribution is 5.75. The molecule has 1 aliphatic carbocycles. The first-order chi connectivity index (χ1) is 13.2. The molecule has 140 valence electrons. The first-order valence-electron chi connectivity index (χ1n) is 9.43. The highest BCUT2D eigenvalue weighted by atomic mass is 16.5. The van der Waals surface area contributed by atoms with E-state index in [1.165, 1.54) is 0 Å². The van der Waals surface area contributed by atoms with E-state index in [9.17, 15) is 5.11 Å². The number of aliphatic hydroxyl groups is 1. The third kappa shape index (κ3) is 2.82. The Morgan fingerprint density at radius 1 is 1.04 bits per heavy atom. The quantitative estimate of drug-likeness (QED) is 0.767. The van der Waals surface area contributed by atoms with Gasteiger partial charge in [-0.2, -0.15) is 0 Å². The highest BCUT2D eigenvalue weighted by Crippen LogP contribution is 2.42. The molecule has 1 aliphatic heterocycles. The van der Waals surface area contributed by atoms with Crippen LogP contribution < -0.4 is 9.64 Å². The number of anilines is 1. The van der Waals surface area contributed by atoms with Crippen LogP contribution in [0, 0.1) is 11.8 Å². The lowest BCUT2D eigenvalue weighted by atomic mass is 9.77. The van der Waals surface area contributed by atoms with Crippen LogP contribution in [0.3, 0.4) is 0 Å². The van der Waals surface area contributed by atoms with Gasteiger partial charge in [0.15, 0.2) is 5.75 Å². The summed E-state index contributed by atoms with van der Waals surface area (Å²) in [4.78, 5) is 15.6. The fraction of sp³-hybridized carbons (Fsp3) is 0.450. The predicted octanol–water partition coefficient (Wildman–Crippen LogP) is 2.28. The molecule has 2 fully saturated rings. The predicted molar refractivity (Wildman–Crippen MR) is 102 cm³/mol. The van der Waals surface area contributed by atoms with Crippen molar-refractivity contribution in [1.29, 1.82) is 0 Å². The molecule has 2 aromatic heterocycles. The molecular weight excluding hydrogens is 342 g/mol. The monoisotopic (exact) mass is 365 g/mol. The molecule has 4 atom stereocenters. The van der Waals surface area contributed by atoms with E-state index in [1.54, 1.807) is 19.5 Å². The molecule has 3 aromatic rings. The van der Waals surface area contributed by atoms with Gasteiger partial charge in [-0.25, -0.2) is 15.0 Å². The second kappa shape index (κ2) is 6.49. The number of fused-ring (bicyclic) bond motifs is 2. The highest BCUT2D eigenvalue weighted by Gasteiger charge is 2.43. The second-order valence-electron chi connectivity index (χ2n) is 7.59. The number of aromatic nitrogens is 4. The van der Waals surface area contributed by atoms with Gasteiger partial charge in [-0.05, 0) is 36.8 Å². The Morgan fingerprint density at radius 2 is 1.78 bits per heavy atom. The molecule has 3 heterocycles. The first-order valence-corrected chi connectivity index (χ1v) is 9.43. The van der Waals surface area contributed by atoms with Crippen LogP contribution in [-0.4, -0.2) is 50.9 Å². The van der Waals surface area contributed by atoms with Crippen LogP contribution in [0.2, 0.25) is 0 Å². The van der Waals surface area contributed by atoms with Gasteiger partial charge in [0.1, 0.15) is 0 Å². The summed E-state index contributed by atoms with van der Waals surface area (Å²) in [5.41, 5.74) is 2.07. The van der Waals surface area contributed by atoms with Crippen LogP contribution in [0.5, 0.6) is 5.75 Å². The lowest BCUT2D eigenvalue weighted by Gasteiger charge is -2.36. The van der Waals surface area contributed by atoms with E-state index in [0.29, 0.717) is 17.6 Å². The Bertz CT molecular complexity index is 941. The normalized spacial score (nSPS) is 27.7. The molecule has 0 amide bonds. The van der Waals surface area contributed by atoms with Crippen LogP contribution in [0.15, 0.2) is 43.0 Å². The van der Waals surface area contributed by atoms with Crippen LogP contribution in [0.4, 0.5) is 5.95 Å². The average molecular weight is 365 g/mol. The molecule has 7 nitrogen and oxygen atoms in total. The summed E-state index contributed by atoms with van der Waals surface area (Å²) in [6.45, 7) is 1.82. The van der Waals surface area contributed by atoms with E-state index >= 15 is 0 Å². The van der Waals surface area contributed by atoms with Crippen LogP contribution in [0.1, 0.15) is 18.9 Å². The topological polar surface area (TPSA) is 76.3 Å². The van der Waals surface area contributed by atoms with Crippen molar-refractivity contribution >= 4 is 17.0 Å². The van der Waals surface area contributed by atoms with Gasteiger partial charge in [0.05, 0.1) is 49.0 Å². The van der Waals surface area contributed by atoms with Crippen molar-refractivity contribution in [3.8, 4) is 5.75 Å². The zero-order valence-electron chi connectivity index (χ0n) is 15.3. The molecule has 1 saturated carbocycles. The Kier molecular flexibility index (Phi) is 3.97. The molecule has 0 bridgehead atoms. The van der Waals surface area contributed by atoms with Crippen LogP contribution >= 0.6 is 0 Å². The van der Waals surface area contributed by atoms with Crippen molar-refractivity contribution < 1.29 is 9.84 Å². The number of benzene rings is 1. The SMILES string of the molecule is COc1cnc(N2C[C@H]3C[C@@H](n4cnc5ccccc54)[C@H](O)C[C@H]3C2)nc1. The number of imidazole rings is 1. The fourth-order valence-corrected chi connectivity index (χ4v) is 4.69. The van der Waals surface area contributed by atoms with Crippen molar-refractivity contribution in [2.24, 2.45) is 11.8 Å². The van der Waals surface area contributed by atoms with Crippen molar-refractivity contribution in [3.63, 3.8) is 0 Å². The van der Waals surface area contributed by atoms with E-state index in [-0.39, 0.29) is 12.1 Å². The van der Waals surface area contributed by atoms with Gasteiger partial charge in [0.25, 0.3) is 0 Å². The van der Waals surface area contributed by atoms with Crippen molar-refractivity contribution in [3.05, 3.63) is 43.0 Å². The summed E-state index contributed by atoms with van der Waals surface area (Å²) in [5, 5.41) is 10.9. The lowest BCUT2D eigenvalue weighted by Crippen LogP contribution is -2.36. The molecule has 5 rings (SSSR count). The van der Waals surface area contributed by atoms with E-state index in [1.807, 2.05) is 24.5 Å². The molecular formula is C20H23N5O2. The number of para-hydroxylation sites is 2. The van der Waals surface area contributed by atoms with Gasteiger partial charge in [0.2, 0.25) is 5.95 Å². The largest absolute Gasteiger partial charge is 0.494 e. The fourth-order valence-electron chi connectivity index (χ4n) is 4.69. The zero-order chi connectivity index (χ0) is 18.4. The molecule has 0 unspecified atom stereocenters. The van der Waals surface area contributed by atoms with Crippen molar-refractivity contribution in [2.75, 3.05) is 25.1 Å². The molecule has 1 saturated heterocycles. The standard InChI is InChI=1S/C20H23N5O2/c1-27-15-8-21-20(22-9-15)24-10-13-6-18(19(26)7-14(13)11-24)25-12-23-16-4-2-3-5-17(16)25/h2-5,8-9,12-14,18-19,26H,6-7,10-11H2,1H3/t13-,14+,18-,19-/m1/s1. The minimum absolute atomic E-state index is 0.0652. The summed E-state index contributed by atoms with van der Waals surface area (Å²) in [6, 6.07) is 8.18. The van der Waals surface area contributed by atoms with Gasteiger partial charge >= 0.3 is 0 Å². The summed E-state index contributed by atoms with van der Waals surface area (Å²) >= 11 is 0. The summed E-state index contributed by atoms with van der Waals surface area (Å²) < 4.78 is 7.30. The molecule has 7 heteroatoms. The summed E-state index contributed by atoms with van der Waals surface area (Å²) in [6.07, 6.45) is 6.67. The van der Waals surface area contributed by atoms with Crippen LogP contribution in [0.25, 0.3) is 11.0 Å². The number of aliphatic hydroxyl groups excluding tert-OH is 1. The summed E-state index contributed by atoms with van der Waals surface area (Å²) in [5.74, 6) is 2.39. The number of rotatable bonds is 3. The molecule has 1 aromatic carbocycles. The zero-order valence-corrected chi connectivity index (χ0v) is 15.3.